The quantitative estimate of drug-likeness (QED) is 0.876. The molecule has 0 unspecified atom stereocenters. The van der Waals surface area contributed by atoms with Crippen molar-refractivity contribution in [3.8, 4) is 5.75 Å². The van der Waals surface area contributed by atoms with E-state index >= 15 is 0 Å². The molecule has 104 valence electrons. The molecule has 0 aromatic heterocycles. The average Bonchev–Trinajstić information content (AvgIpc) is 2.37. The number of hydrogen-bond donors (Lipinski definition) is 2. The molecule has 0 spiro atoms. The van der Waals surface area contributed by atoms with E-state index in [1.54, 1.807) is 24.3 Å². The summed E-state index contributed by atoms with van der Waals surface area (Å²) < 4.78 is 5.19. The molecule has 2 rings (SSSR count). The lowest BCUT2D eigenvalue weighted by Crippen LogP contribution is -2.00. The minimum atomic E-state index is -1.01. The Bertz CT molecular complexity index is 639. The Balaban J connectivity index is 2.40. The van der Waals surface area contributed by atoms with Gasteiger partial charge in [-0.05, 0) is 36.4 Å². The van der Waals surface area contributed by atoms with Gasteiger partial charge < -0.3 is 15.2 Å². The molecule has 0 atom stereocenters. The predicted molar refractivity (Wildman–Crippen MR) is 79.7 cm³/mol. The molecule has 0 fully saturated rings. The van der Waals surface area contributed by atoms with Crippen LogP contribution < -0.4 is 10.1 Å². The number of nitrogens with one attached hydrogen (secondary N) is 1. The van der Waals surface area contributed by atoms with Crippen LogP contribution in [0, 0.1) is 0 Å². The minimum Gasteiger partial charge on any atom is -0.495 e. The number of carboxylic acid groups (broad SMARTS) is 1. The molecule has 0 aliphatic rings. The molecular formula is C14H11Cl2NO3. The molecule has 20 heavy (non-hydrogen) atoms. The fraction of sp³-hybridized carbons (Fsp3) is 0.0714. The summed E-state index contributed by atoms with van der Waals surface area (Å²) in [6.45, 7) is 0. The fourth-order valence-corrected chi connectivity index (χ4v) is 2.25. The van der Waals surface area contributed by atoms with Gasteiger partial charge in [0.2, 0.25) is 0 Å². The van der Waals surface area contributed by atoms with Crippen molar-refractivity contribution in [3.05, 3.63) is 52.0 Å². The number of anilines is 2. The van der Waals surface area contributed by atoms with E-state index in [0.29, 0.717) is 27.2 Å². The van der Waals surface area contributed by atoms with E-state index in [1.807, 2.05) is 0 Å². The molecule has 4 nitrogen and oxygen atoms in total. The molecule has 2 aromatic carbocycles. The van der Waals surface area contributed by atoms with Crippen molar-refractivity contribution < 1.29 is 14.6 Å². The second kappa shape index (κ2) is 6.03. The Kier molecular flexibility index (Phi) is 4.37. The number of ether oxygens (including phenoxy) is 1. The van der Waals surface area contributed by atoms with Crippen molar-refractivity contribution >= 4 is 40.5 Å². The summed E-state index contributed by atoms with van der Waals surface area (Å²) in [5.74, 6) is -0.495. The first-order chi connectivity index (χ1) is 9.49. The predicted octanol–water partition coefficient (Wildman–Crippen LogP) is 4.44. The summed E-state index contributed by atoms with van der Waals surface area (Å²) in [6, 6.07) is 9.51. The van der Waals surface area contributed by atoms with Crippen LogP contribution in [-0.4, -0.2) is 18.2 Å². The summed E-state index contributed by atoms with van der Waals surface area (Å²) in [7, 11) is 1.51. The van der Waals surface area contributed by atoms with Crippen LogP contribution in [0.1, 0.15) is 10.4 Å². The van der Waals surface area contributed by atoms with E-state index in [4.69, 9.17) is 33.0 Å². The molecule has 0 saturated heterocycles. The van der Waals surface area contributed by atoms with E-state index < -0.39 is 5.97 Å². The fourth-order valence-electron chi connectivity index (χ4n) is 1.72. The van der Waals surface area contributed by atoms with Crippen LogP contribution in [0.3, 0.4) is 0 Å². The topological polar surface area (TPSA) is 58.6 Å². The van der Waals surface area contributed by atoms with Crippen LogP contribution >= 0.6 is 23.2 Å². The maximum Gasteiger partial charge on any atom is 0.335 e. The maximum atomic E-state index is 11.0. The van der Waals surface area contributed by atoms with Gasteiger partial charge in [0.05, 0.1) is 18.4 Å². The average molecular weight is 312 g/mol. The summed E-state index contributed by atoms with van der Waals surface area (Å²) in [5.41, 5.74) is 1.32. The first-order valence-electron chi connectivity index (χ1n) is 5.64. The van der Waals surface area contributed by atoms with Crippen LogP contribution in [0.4, 0.5) is 11.4 Å². The highest BCUT2D eigenvalue weighted by Gasteiger charge is 2.09. The first-order valence-corrected chi connectivity index (χ1v) is 6.39. The van der Waals surface area contributed by atoms with Crippen molar-refractivity contribution in [3.63, 3.8) is 0 Å². The Morgan fingerprint density at radius 3 is 2.35 bits per heavy atom. The van der Waals surface area contributed by atoms with Gasteiger partial charge in [-0.15, -0.1) is 0 Å². The lowest BCUT2D eigenvalue weighted by atomic mass is 10.1. The molecule has 0 aliphatic carbocycles. The standard InChI is InChI=1S/C14H11Cl2NO3/c1-20-13-3-2-8(14(18)19)4-12(13)17-11-6-9(15)5-10(16)7-11/h2-7,17H,1H3,(H,18,19). The van der Waals surface area contributed by atoms with Crippen LogP contribution in [0.15, 0.2) is 36.4 Å². The van der Waals surface area contributed by atoms with Crippen molar-refractivity contribution in [2.45, 2.75) is 0 Å². The van der Waals surface area contributed by atoms with E-state index in [0.717, 1.165) is 0 Å². The number of rotatable bonds is 4. The van der Waals surface area contributed by atoms with E-state index in [9.17, 15) is 4.79 Å². The van der Waals surface area contributed by atoms with Gasteiger partial charge in [-0.25, -0.2) is 4.79 Å². The zero-order chi connectivity index (χ0) is 14.7. The summed E-state index contributed by atoms with van der Waals surface area (Å²) >= 11 is 11.8. The Morgan fingerprint density at radius 2 is 1.80 bits per heavy atom. The highest BCUT2D eigenvalue weighted by atomic mass is 35.5. The molecular weight excluding hydrogens is 301 g/mol. The molecule has 2 aromatic rings. The zero-order valence-electron chi connectivity index (χ0n) is 10.5. The SMILES string of the molecule is COc1ccc(C(=O)O)cc1Nc1cc(Cl)cc(Cl)c1. The molecule has 2 N–H and O–H groups in total. The molecule has 6 heteroatoms. The van der Waals surface area contributed by atoms with E-state index in [1.165, 1.54) is 19.2 Å². The molecule has 0 heterocycles. The minimum absolute atomic E-state index is 0.154. The third kappa shape index (κ3) is 3.35. The van der Waals surface area contributed by atoms with E-state index in [2.05, 4.69) is 5.32 Å². The van der Waals surface area contributed by atoms with Gasteiger partial charge in [0, 0.05) is 15.7 Å². The molecule has 0 radical (unpaired) electrons. The smallest absolute Gasteiger partial charge is 0.335 e. The lowest BCUT2D eigenvalue weighted by Gasteiger charge is -2.12. The Hall–Kier alpha value is -1.91. The van der Waals surface area contributed by atoms with E-state index in [-0.39, 0.29) is 5.56 Å². The number of carboxylic acids is 1. The second-order valence-corrected chi connectivity index (χ2v) is 4.88. The van der Waals surface area contributed by atoms with Gasteiger partial charge >= 0.3 is 5.97 Å². The molecule has 0 amide bonds. The Labute approximate surface area is 125 Å². The van der Waals surface area contributed by atoms with Crippen molar-refractivity contribution in [2.75, 3.05) is 12.4 Å². The number of carbonyl (C=O) groups is 1. The van der Waals surface area contributed by atoms with Gasteiger partial charge in [-0.3, -0.25) is 0 Å². The van der Waals surface area contributed by atoms with Crippen molar-refractivity contribution in [2.24, 2.45) is 0 Å². The monoisotopic (exact) mass is 311 g/mol. The highest BCUT2D eigenvalue weighted by molar-refractivity contribution is 6.35. The number of benzene rings is 2. The lowest BCUT2D eigenvalue weighted by molar-refractivity contribution is 0.0697. The summed E-state index contributed by atoms with van der Waals surface area (Å²) in [6.07, 6.45) is 0. The zero-order valence-corrected chi connectivity index (χ0v) is 12.0. The summed E-state index contributed by atoms with van der Waals surface area (Å²) in [5, 5.41) is 13.0. The number of halogens is 2. The van der Waals surface area contributed by atoms with Crippen LogP contribution in [0.25, 0.3) is 0 Å². The Morgan fingerprint density at radius 1 is 1.15 bits per heavy atom. The normalized spacial score (nSPS) is 10.2. The van der Waals surface area contributed by atoms with Crippen LogP contribution in [0.5, 0.6) is 5.75 Å². The number of hydrogen-bond acceptors (Lipinski definition) is 3. The van der Waals surface area contributed by atoms with Gasteiger partial charge in [0.15, 0.2) is 0 Å². The van der Waals surface area contributed by atoms with Crippen molar-refractivity contribution in [1.82, 2.24) is 0 Å². The van der Waals surface area contributed by atoms with Crippen molar-refractivity contribution in [1.29, 1.82) is 0 Å². The molecule has 0 saturated carbocycles. The number of methoxy groups -OCH3 is 1. The largest absolute Gasteiger partial charge is 0.495 e. The third-order valence-electron chi connectivity index (χ3n) is 2.59. The van der Waals surface area contributed by atoms with Crippen LogP contribution in [0.2, 0.25) is 10.0 Å². The van der Waals surface area contributed by atoms with Gasteiger partial charge in [0.1, 0.15) is 5.75 Å². The van der Waals surface area contributed by atoms with Gasteiger partial charge in [0.25, 0.3) is 0 Å². The maximum absolute atomic E-state index is 11.0. The highest BCUT2D eigenvalue weighted by Crippen LogP contribution is 2.31. The summed E-state index contributed by atoms with van der Waals surface area (Å²) in [4.78, 5) is 11.0. The van der Waals surface area contributed by atoms with Gasteiger partial charge in [-0.1, -0.05) is 23.2 Å². The van der Waals surface area contributed by atoms with Gasteiger partial charge in [-0.2, -0.15) is 0 Å². The molecule has 0 aliphatic heterocycles. The third-order valence-corrected chi connectivity index (χ3v) is 3.02. The molecule has 0 bridgehead atoms. The number of aromatic carboxylic acids is 1. The second-order valence-electron chi connectivity index (χ2n) is 4.00. The first kappa shape index (κ1) is 14.5. The van der Waals surface area contributed by atoms with Crippen LogP contribution in [-0.2, 0) is 0 Å².